The summed E-state index contributed by atoms with van der Waals surface area (Å²) in [5.74, 6) is -0.287. The fourth-order valence-corrected chi connectivity index (χ4v) is 2.35. The van der Waals surface area contributed by atoms with E-state index in [1.54, 1.807) is 24.3 Å². The van der Waals surface area contributed by atoms with Crippen molar-refractivity contribution in [3.05, 3.63) is 69.0 Å². The first-order chi connectivity index (χ1) is 10.0. The maximum Gasteiger partial charge on any atom is 0.288 e. The van der Waals surface area contributed by atoms with Crippen LogP contribution in [-0.4, -0.2) is 4.92 Å². The first kappa shape index (κ1) is 15.3. The van der Waals surface area contributed by atoms with E-state index in [0.29, 0.717) is 17.7 Å². The SMILES string of the molecule is CCC(Nc1ccc([N+](=O)[O-])c(Cl)c1)c1ccccc1F. The van der Waals surface area contributed by atoms with Crippen LogP contribution in [-0.2, 0) is 0 Å². The fraction of sp³-hybridized carbons (Fsp3) is 0.200. The lowest BCUT2D eigenvalue weighted by Gasteiger charge is -2.19. The summed E-state index contributed by atoms with van der Waals surface area (Å²) in [7, 11) is 0. The van der Waals surface area contributed by atoms with Crippen LogP contribution in [0.25, 0.3) is 0 Å². The molecular weight excluding hydrogens is 295 g/mol. The molecule has 2 aromatic carbocycles. The largest absolute Gasteiger partial charge is 0.378 e. The van der Waals surface area contributed by atoms with Crippen molar-refractivity contribution in [2.75, 3.05) is 5.32 Å². The third kappa shape index (κ3) is 3.49. The predicted molar refractivity (Wildman–Crippen MR) is 81.2 cm³/mol. The van der Waals surface area contributed by atoms with E-state index in [0.717, 1.165) is 0 Å². The van der Waals surface area contributed by atoms with E-state index in [2.05, 4.69) is 5.32 Å². The van der Waals surface area contributed by atoms with Crippen molar-refractivity contribution in [3.8, 4) is 0 Å². The zero-order valence-electron chi connectivity index (χ0n) is 11.3. The second-order valence-corrected chi connectivity index (χ2v) is 4.96. The zero-order chi connectivity index (χ0) is 15.4. The molecule has 0 saturated carbocycles. The molecule has 1 atom stereocenters. The Labute approximate surface area is 126 Å². The highest BCUT2D eigenvalue weighted by Crippen LogP contribution is 2.30. The topological polar surface area (TPSA) is 55.2 Å². The smallest absolute Gasteiger partial charge is 0.288 e. The van der Waals surface area contributed by atoms with Gasteiger partial charge in [0.2, 0.25) is 0 Å². The van der Waals surface area contributed by atoms with Crippen molar-refractivity contribution in [2.24, 2.45) is 0 Å². The number of benzene rings is 2. The van der Waals surface area contributed by atoms with Crippen LogP contribution in [0.3, 0.4) is 0 Å². The molecule has 21 heavy (non-hydrogen) atoms. The van der Waals surface area contributed by atoms with Gasteiger partial charge in [0.1, 0.15) is 10.8 Å². The van der Waals surface area contributed by atoms with Gasteiger partial charge in [-0.3, -0.25) is 10.1 Å². The van der Waals surface area contributed by atoms with Crippen molar-refractivity contribution in [1.29, 1.82) is 0 Å². The number of nitrogens with one attached hydrogen (secondary N) is 1. The molecule has 0 aliphatic carbocycles. The normalized spacial score (nSPS) is 12.0. The number of rotatable bonds is 5. The van der Waals surface area contributed by atoms with Crippen LogP contribution >= 0.6 is 11.6 Å². The van der Waals surface area contributed by atoms with E-state index in [-0.39, 0.29) is 22.6 Å². The average molecular weight is 309 g/mol. The highest BCUT2D eigenvalue weighted by atomic mass is 35.5. The molecule has 110 valence electrons. The molecule has 0 aliphatic heterocycles. The molecule has 4 nitrogen and oxygen atoms in total. The van der Waals surface area contributed by atoms with Gasteiger partial charge in [0.25, 0.3) is 5.69 Å². The van der Waals surface area contributed by atoms with E-state index >= 15 is 0 Å². The number of nitro groups is 1. The van der Waals surface area contributed by atoms with Gasteiger partial charge in [-0.1, -0.05) is 36.7 Å². The zero-order valence-corrected chi connectivity index (χ0v) is 12.1. The van der Waals surface area contributed by atoms with Crippen LogP contribution in [0, 0.1) is 15.9 Å². The van der Waals surface area contributed by atoms with E-state index in [1.165, 1.54) is 18.2 Å². The lowest BCUT2D eigenvalue weighted by atomic mass is 10.0. The Morgan fingerprint density at radius 3 is 2.62 bits per heavy atom. The van der Waals surface area contributed by atoms with Crippen molar-refractivity contribution < 1.29 is 9.31 Å². The summed E-state index contributed by atoms with van der Waals surface area (Å²) in [6.07, 6.45) is 0.662. The molecule has 2 aromatic rings. The van der Waals surface area contributed by atoms with Crippen molar-refractivity contribution >= 4 is 23.0 Å². The average Bonchev–Trinajstić information content (AvgIpc) is 2.45. The van der Waals surface area contributed by atoms with Crippen LogP contribution in [0.5, 0.6) is 0 Å². The molecule has 0 aliphatic rings. The van der Waals surface area contributed by atoms with Gasteiger partial charge in [-0.05, 0) is 24.6 Å². The molecule has 2 rings (SSSR count). The minimum absolute atomic E-state index is 0.0494. The summed E-state index contributed by atoms with van der Waals surface area (Å²) in [5.41, 5.74) is 1.01. The van der Waals surface area contributed by atoms with Gasteiger partial charge < -0.3 is 5.32 Å². The van der Waals surface area contributed by atoms with Gasteiger partial charge in [0, 0.05) is 17.3 Å². The molecule has 0 heterocycles. The maximum absolute atomic E-state index is 13.8. The monoisotopic (exact) mass is 308 g/mol. The molecule has 0 bridgehead atoms. The highest BCUT2D eigenvalue weighted by Gasteiger charge is 2.16. The Morgan fingerprint density at radius 2 is 2.05 bits per heavy atom. The molecule has 6 heteroatoms. The van der Waals surface area contributed by atoms with Crippen molar-refractivity contribution in [3.63, 3.8) is 0 Å². The maximum atomic E-state index is 13.8. The standard InChI is InChI=1S/C15H14ClFN2O2/c1-2-14(11-5-3-4-6-13(11)17)18-10-7-8-15(19(20)21)12(16)9-10/h3-9,14,18H,2H2,1H3. The minimum Gasteiger partial charge on any atom is -0.378 e. The fourth-order valence-electron chi connectivity index (χ4n) is 2.10. The van der Waals surface area contributed by atoms with E-state index in [4.69, 9.17) is 11.6 Å². The Bertz CT molecular complexity index is 664. The van der Waals surface area contributed by atoms with Crippen molar-refractivity contribution in [1.82, 2.24) is 0 Å². The molecule has 1 unspecified atom stereocenters. The number of halogens is 2. The first-order valence-corrected chi connectivity index (χ1v) is 6.85. The Hall–Kier alpha value is -2.14. The molecule has 0 spiro atoms. The van der Waals surface area contributed by atoms with Crippen molar-refractivity contribution in [2.45, 2.75) is 19.4 Å². The Balaban J connectivity index is 2.25. The number of hydrogen-bond donors (Lipinski definition) is 1. The minimum atomic E-state index is -0.541. The molecular formula is C15H14ClFN2O2. The molecule has 0 saturated heterocycles. The molecule has 0 amide bonds. The summed E-state index contributed by atoms with van der Waals surface area (Å²) in [4.78, 5) is 10.2. The van der Waals surface area contributed by atoms with E-state index in [1.807, 2.05) is 6.92 Å². The summed E-state index contributed by atoms with van der Waals surface area (Å²) in [6.45, 7) is 1.93. The second-order valence-electron chi connectivity index (χ2n) is 4.55. The highest BCUT2D eigenvalue weighted by molar-refractivity contribution is 6.32. The Kier molecular flexibility index (Phi) is 4.75. The Morgan fingerprint density at radius 1 is 1.33 bits per heavy atom. The lowest BCUT2D eigenvalue weighted by molar-refractivity contribution is -0.384. The predicted octanol–water partition coefficient (Wildman–Crippen LogP) is 4.95. The third-order valence-electron chi connectivity index (χ3n) is 3.17. The lowest BCUT2D eigenvalue weighted by Crippen LogP contribution is -2.11. The van der Waals surface area contributed by atoms with Gasteiger partial charge in [-0.25, -0.2) is 4.39 Å². The van der Waals surface area contributed by atoms with Gasteiger partial charge in [-0.2, -0.15) is 0 Å². The van der Waals surface area contributed by atoms with Crippen LogP contribution in [0.1, 0.15) is 24.9 Å². The molecule has 0 aromatic heterocycles. The van der Waals surface area contributed by atoms with Gasteiger partial charge in [0.05, 0.1) is 11.0 Å². The van der Waals surface area contributed by atoms with E-state index in [9.17, 15) is 14.5 Å². The third-order valence-corrected chi connectivity index (χ3v) is 3.48. The summed E-state index contributed by atoms with van der Waals surface area (Å²) >= 11 is 5.87. The summed E-state index contributed by atoms with van der Waals surface area (Å²) < 4.78 is 13.8. The van der Waals surface area contributed by atoms with Crippen LogP contribution in [0.15, 0.2) is 42.5 Å². The number of hydrogen-bond acceptors (Lipinski definition) is 3. The molecule has 1 N–H and O–H groups in total. The summed E-state index contributed by atoms with van der Waals surface area (Å²) in [6, 6.07) is 10.7. The van der Waals surface area contributed by atoms with Crippen LogP contribution < -0.4 is 5.32 Å². The van der Waals surface area contributed by atoms with Gasteiger partial charge in [-0.15, -0.1) is 0 Å². The number of anilines is 1. The second kappa shape index (κ2) is 6.54. The number of nitrogens with zero attached hydrogens (tertiary/aromatic N) is 1. The molecule has 0 fully saturated rings. The first-order valence-electron chi connectivity index (χ1n) is 6.47. The van der Waals surface area contributed by atoms with E-state index < -0.39 is 4.92 Å². The summed E-state index contributed by atoms with van der Waals surface area (Å²) in [5, 5.41) is 13.9. The van der Waals surface area contributed by atoms with Gasteiger partial charge in [0.15, 0.2) is 0 Å². The number of nitro benzene ring substituents is 1. The molecule has 0 radical (unpaired) electrons. The quantitative estimate of drug-likeness (QED) is 0.628. The van der Waals surface area contributed by atoms with Crippen LogP contribution in [0.4, 0.5) is 15.8 Å². The van der Waals surface area contributed by atoms with Gasteiger partial charge >= 0.3 is 0 Å². The van der Waals surface area contributed by atoms with Crippen LogP contribution in [0.2, 0.25) is 5.02 Å².